The van der Waals surface area contributed by atoms with Gasteiger partial charge < -0.3 is 19.8 Å². The molecule has 1 aliphatic rings. The zero-order valence-electron chi connectivity index (χ0n) is 17.8. The van der Waals surface area contributed by atoms with E-state index in [9.17, 15) is 14.3 Å². The van der Waals surface area contributed by atoms with E-state index in [-0.39, 0.29) is 17.8 Å². The highest BCUT2D eigenvalue weighted by Gasteiger charge is 2.26. The minimum absolute atomic E-state index is 0.225. The van der Waals surface area contributed by atoms with Gasteiger partial charge in [0.15, 0.2) is 5.82 Å². The summed E-state index contributed by atoms with van der Waals surface area (Å²) in [7, 11) is 0. The highest BCUT2D eigenvalue weighted by molar-refractivity contribution is 5.65. The Labute approximate surface area is 186 Å². The van der Waals surface area contributed by atoms with Crippen LogP contribution in [-0.4, -0.2) is 45.9 Å². The normalized spacial score (nSPS) is 16.0. The molecule has 2 heterocycles. The van der Waals surface area contributed by atoms with Crippen LogP contribution < -0.4 is 5.32 Å². The average molecular weight is 439 g/mol. The molecule has 0 radical (unpaired) electrons. The van der Waals surface area contributed by atoms with Gasteiger partial charge in [-0.05, 0) is 55.6 Å². The largest absolute Gasteiger partial charge is 0.465 e. The van der Waals surface area contributed by atoms with E-state index < -0.39 is 6.09 Å². The van der Waals surface area contributed by atoms with Crippen LogP contribution in [0.15, 0.2) is 59.1 Å². The van der Waals surface area contributed by atoms with Gasteiger partial charge in [0.25, 0.3) is 0 Å². The van der Waals surface area contributed by atoms with Gasteiger partial charge in [0.05, 0.1) is 6.04 Å². The lowest BCUT2D eigenvalue weighted by molar-refractivity contribution is 0.175. The van der Waals surface area contributed by atoms with Crippen molar-refractivity contribution in [3.05, 3.63) is 83.3 Å². The number of hydrogen-bond acceptors (Lipinski definition) is 5. The molecule has 0 spiro atoms. The van der Waals surface area contributed by atoms with Gasteiger partial charge in [-0.25, -0.2) is 9.18 Å². The fourth-order valence-electron chi connectivity index (χ4n) is 4.16. The van der Waals surface area contributed by atoms with Gasteiger partial charge in [0.2, 0.25) is 5.89 Å². The summed E-state index contributed by atoms with van der Waals surface area (Å²) in [6, 6.07) is 15.8. The Morgan fingerprint density at radius 2 is 1.88 bits per heavy atom. The topological polar surface area (TPSA) is 91.5 Å². The highest BCUT2D eigenvalue weighted by Crippen LogP contribution is 2.28. The Morgan fingerprint density at radius 3 is 2.56 bits per heavy atom. The van der Waals surface area contributed by atoms with Gasteiger partial charge in [-0.15, -0.1) is 0 Å². The van der Waals surface area contributed by atoms with E-state index in [0.717, 1.165) is 43.6 Å². The molecule has 32 heavy (non-hydrogen) atoms. The highest BCUT2D eigenvalue weighted by atomic mass is 19.1. The predicted octanol–water partition coefficient (Wildman–Crippen LogP) is 4.38. The lowest BCUT2D eigenvalue weighted by Crippen LogP contribution is -2.36. The summed E-state index contributed by atoms with van der Waals surface area (Å²) in [4.78, 5) is 18.1. The summed E-state index contributed by atoms with van der Waals surface area (Å²) in [5, 5.41) is 15.9. The minimum Gasteiger partial charge on any atom is -0.465 e. The molecule has 1 amide bonds. The fourth-order valence-corrected chi connectivity index (χ4v) is 4.16. The molecular formula is C24H27FN4O3. The number of nitrogens with one attached hydrogen (secondary N) is 1. The number of nitrogens with zero attached hydrogens (tertiary/aromatic N) is 3. The maximum absolute atomic E-state index is 13.1. The molecule has 0 aliphatic carbocycles. The van der Waals surface area contributed by atoms with Crippen molar-refractivity contribution in [2.24, 2.45) is 0 Å². The zero-order chi connectivity index (χ0) is 22.3. The molecule has 4 rings (SSSR count). The second-order valence-electron chi connectivity index (χ2n) is 8.17. The van der Waals surface area contributed by atoms with Crippen molar-refractivity contribution in [1.29, 1.82) is 0 Å². The monoisotopic (exact) mass is 438 g/mol. The molecule has 1 fully saturated rings. The van der Waals surface area contributed by atoms with Crippen molar-refractivity contribution in [1.82, 2.24) is 20.4 Å². The summed E-state index contributed by atoms with van der Waals surface area (Å²) in [6.45, 7) is 2.61. The third kappa shape index (κ3) is 5.91. The molecule has 7 nitrogen and oxygen atoms in total. The first-order chi connectivity index (χ1) is 15.6. The van der Waals surface area contributed by atoms with Gasteiger partial charge >= 0.3 is 6.09 Å². The van der Waals surface area contributed by atoms with Crippen LogP contribution in [0.4, 0.5) is 9.18 Å². The van der Waals surface area contributed by atoms with Crippen LogP contribution in [0.2, 0.25) is 0 Å². The Kier molecular flexibility index (Phi) is 7.11. The molecule has 3 aromatic rings. The summed E-state index contributed by atoms with van der Waals surface area (Å²) in [5.41, 5.74) is 1.92. The quantitative estimate of drug-likeness (QED) is 0.542. The van der Waals surface area contributed by atoms with E-state index in [4.69, 9.17) is 4.52 Å². The van der Waals surface area contributed by atoms with Gasteiger partial charge in [-0.2, -0.15) is 4.98 Å². The maximum atomic E-state index is 13.1. The Bertz CT molecular complexity index is 1000. The summed E-state index contributed by atoms with van der Waals surface area (Å²) >= 11 is 0. The van der Waals surface area contributed by atoms with Crippen molar-refractivity contribution < 1.29 is 18.8 Å². The number of amides is 1. The molecule has 1 unspecified atom stereocenters. The smallest absolute Gasteiger partial charge is 0.405 e. The lowest BCUT2D eigenvalue weighted by atomic mass is 9.96. The number of rotatable bonds is 8. The van der Waals surface area contributed by atoms with Crippen LogP contribution >= 0.6 is 0 Å². The predicted molar refractivity (Wildman–Crippen MR) is 117 cm³/mol. The standard InChI is InChI=1S/C24H27FN4O3/c25-20-8-6-17(7-9-20)16-22-27-23(32-28-22)19-10-13-29(14-11-19)15-12-21(26-24(30)31)18-4-2-1-3-5-18/h1-9,19,21,26H,10-16H2,(H,30,31). The van der Waals surface area contributed by atoms with E-state index in [1.165, 1.54) is 12.1 Å². The number of aromatic nitrogens is 2. The van der Waals surface area contributed by atoms with Gasteiger partial charge in [0.1, 0.15) is 5.82 Å². The molecular weight excluding hydrogens is 411 g/mol. The SMILES string of the molecule is O=C(O)NC(CCN1CCC(c2nc(Cc3ccc(F)cc3)no2)CC1)c1ccccc1. The molecule has 1 aromatic heterocycles. The Hall–Kier alpha value is -3.26. The molecule has 2 aromatic carbocycles. The molecule has 168 valence electrons. The van der Waals surface area contributed by atoms with Crippen LogP contribution in [0, 0.1) is 5.82 Å². The fraction of sp³-hybridized carbons (Fsp3) is 0.375. The third-order valence-corrected chi connectivity index (χ3v) is 5.93. The lowest BCUT2D eigenvalue weighted by Gasteiger charge is -2.31. The summed E-state index contributed by atoms with van der Waals surface area (Å²) in [6.07, 6.45) is 2.05. The minimum atomic E-state index is -1.01. The number of carbonyl (C=O) groups is 1. The van der Waals surface area contributed by atoms with Crippen molar-refractivity contribution in [2.45, 2.75) is 37.6 Å². The average Bonchev–Trinajstić information content (AvgIpc) is 3.27. The number of halogens is 1. The molecule has 0 saturated carbocycles. The summed E-state index contributed by atoms with van der Waals surface area (Å²) < 4.78 is 18.6. The number of benzene rings is 2. The van der Waals surface area contributed by atoms with Crippen LogP contribution in [0.25, 0.3) is 0 Å². The molecule has 2 N–H and O–H groups in total. The van der Waals surface area contributed by atoms with Crippen molar-refractivity contribution in [2.75, 3.05) is 19.6 Å². The first kappa shape index (κ1) is 22.0. The molecule has 0 bridgehead atoms. The summed E-state index contributed by atoms with van der Waals surface area (Å²) in [5.74, 6) is 1.24. The van der Waals surface area contributed by atoms with E-state index in [1.807, 2.05) is 30.3 Å². The van der Waals surface area contributed by atoms with Crippen LogP contribution in [0.5, 0.6) is 0 Å². The van der Waals surface area contributed by atoms with Gasteiger partial charge in [-0.3, -0.25) is 0 Å². The maximum Gasteiger partial charge on any atom is 0.405 e. The number of carboxylic acid groups (broad SMARTS) is 1. The van der Waals surface area contributed by atoms with E-state index in [1.54, 1.807) is 12.1 Å². The molecule has 1 aliphatic heterocycles. The molecule has 1 saturated heterocycles. The van der Waals surface area contributed by atoms with E-state index in [2.05, 4.69) is 20.4 Å². The van der Waals surface area contributed by atoms with Gasteiger partial charge in [0, 0.05) is 18.9 Å². The van der Waals surface area contributed by atoms with Crippen LogP contribution in [0.1, 0.15) is 54.1 Å². The number of likely N-dealkylation sites (tertiary alicyclic amines) is 1. The first-order valence-electron chi connectivity index (χ1n) is 10.9. The first-order valence-corrected chi connectivity index (χ1v) is 10.9. The Morgan fingerprint density at radius 1 is 1.16 bits per heavy atom. The zero-order valence-corrected chi connectivity index (χ0v) is 17.8. The third-order valence-electron chi connectivity index (χ3n) is 5.93. The van der Waals surface area contributed by atoms with Crippen LogP contribution in [-0.2, 0) is 6.42 Å². The number of piperidine rings is 1. The second-order valence-corrected chi connectivity index (χ2v) is 8.17. The number of hydrogen-bond donors (Lipinski definition) is 2. The Balaban J connectivity index is 1.27. The van der Waals surface area contributed by atoms with Crippen molar-refractivity contribution >= 4 is 6.09 Å². The van der Waals surface area contributed by atoms with Crippen molar-refractivity contribution in [3.63, 3.8) is 0 Å². The second kappa shape index (κ2) is 10.4. The van der Waals surface area contributed by atoms with Crippen LogP contribution in [0.3, 0.4) is 0 Å². The van der Waals surface area contributed by atoms with E-state index in [0.29, 0.717) is 24.6 Å². The molecule has 1 atom stereocenters. The van der Waals surface area contributed by atoms with Crippen molar-refractivity contribution in [3.8, 4) is 0 Å². The van der Waals surface area contributed by atoms with Gasteiger partial charge in [-0.1, -0.05) is 47.6 Å². The van der Waals surface area contributed by atoms with E-state index >= 15 is 0 Å². The molecule has 8 heteroatoms.